The lowest BCUT2D eigenvalue weighted by molar-refractivity contribution is -0.131. The minimum absolute atomic E-state index is 0.273. The van der Waals surface area contributed by atoms with Crippen LogP contribution in [0.5, 0.6) is 0 Å². The summed E-state index contributed by atoms with van der Waals surface area (Å²) in [5, 5.41) is 14.2. The Balaban J connectivity index is 1.46. The van der Waals surface area contributed by atoms with Crippen LogP contribution in [-0.4, -0.2) is 46.8 Å². The SMILES string of the molecule is N#CC1CC(F)(F)CN1C(=O)CNC(=O)c1ccncc1/C=C/c1ccc2cc(Cl)ccc2c1. The number of hydrogen-bond acceptors (Lipinski definition) is 4. The summed E-state index contributed by atoms with van der Waals surface area (Å²) in [5.74, 6) is -4.40. The van der Waals surface area contributed by atoms with E-state index < -0.39 is 43.3 Å². The number of carbonyl (C=O) groups is 2. The van der Waals surface area contributed by atoms with Gasteiger partial charge in [0.15, 0.2) is 0 Å². The van der Waals surface area contributed by atoms with Crippen molar-refractivity contribution in [2.75, 3.05) is 13.1 Å². The Bertz CT molecular complexity index is 1340. The molecule has 1 N–H and O–H groups in total. The van der Waals surface area contributed by atoms with Gasteiger partial charge in [-0.3, -0.25) is 14.6 Å². The second kappa shape index (κ2) is 9.57. The van der Waals surface area contributed by atoms with E-state index in [1.807, 2.05) is 42.5 Å². The molecule has 2 heterocycles. The van der Waals surface area contributed by atoms with E-state index in [2.05, 4.69) is 10.3 Å². The predicted molar refractivity (Wildman–Crippen MR) is 125 cm³/mol. The molecule has 9 heteroatoms. The summed E-state index contributed by atoms with van der Waals surface area (Å²) >= 11 is 6.03. The molecule has 0 bridgehead atoms. The molecule has 0 aliphatic carbocycles. The van der Waals surface area contributed by atoms with Gasteiger partial charge in [0.1, 0.15) is 6.04 Å². The van der Waals surface area contributed by atoms with Gasteiger partial charge in [-0.15, -0.1) is 0 Å². The van der Waals surface area contributed by atoms with Crippen LogP contribution < -0.4 is 5.32 Å². The highest BCUT2D eigenvalue weighted by atomic mass is 35.5. The van der Waals surface area contributed by atoms with Crippen LogP contribution in [0.15, 0.2) is 54.9 Å². The number of halogens is 3. The van der Waals surface area contributed by atoms with Gasteiger partial charge in [0.05, 0.1) is 19.2 Å². The standard InChI is InChI=1S/C25H19ClF2N4O2/c26-20-6-5-17-9-16(1-3-18(17)10-20)2-4-19-13-30-8-7-22(19)24(34)31-14-23(33)32-15-25(27,28)11-21(32)12-29/h1-10,13,21H,11,14-15H2,(H,31,34)/b4-2+. The van der Waals surface area contributed by atoms with Crippen LogP contribution in [0.3, 0.4) is 0 Å². The molecular weight excluding hydrogens is 462 g/mol. The summed E-state index contributed by atoms with van der Waals surface area (Å²) in [6.07, 6.45) is 5.82. The molecular formula is C25H19ClF2N4O2. The topological polar surface area (TPSA) is 86.1 Å². The summed E-state index contributed by atoms with van der Waals surface area (Å²) < 4.78 is 27.2. The molecule has 1 fully saturated rings. The number of aromatic nitrogens is 1. The van der Waals surface area contributed by atoms with Crippen molar-refractivity contribution in [3.8, 4) is 6.07 Å². The zero-order valence-corrected chi connectivity index (χ0v) is 18.6. The van der Waals surface area contributed by atoms with Gasteiger partial charge in [0.2, 0.25) is 5.91 Å². The zero-order valence-electron chi connectivity index (χ0n) is 17.8. The highest BCUT2D eigenvalue weighted by Gasteiger charge is 2.47. The van der Waals surface area contributed by atoms with Gasteiger partial charge in [-0.2, -0.15) is 5.26 Å². The molecule has 4 rings (SSSR count). The first-order chi connectivity index (χ1) is 16.3. The van der Waals surface area contributed by atoms with Crippen LogP contribution in [-0.2, 0) is 4.79 Å². The van der Waals surface area contributed by atoms with E-state index in [0.29, 0.717) is 10.6 Å². The monoisotopic (exact) mass is 480 g/mol. The number of carbonyl (C=O) groups excluding carboxylic acids is 2. The van der Waals surface area contributed by atoms with Gasteiger partial charge in [0, 0.05) is 35.0 Å². The smallest absolute Gasteiger partial charge is 0.268 e. The molecule has 2 amide bonds. The molecule has 1 unspecified atom stereocenters. The maximum atomic E-state index is 13.6. The van der Waals surface area contributed by atoms with Gasteiger partial charge in [-0.1, -0.05) is 42.0 Å². The average molecular weight is 481 g/mol. The third-order valence-corrected chi connectivity index (χ3v) is 5.75. The number of likely N-dealkylation sites (tertiary alicyclic amines) is 1. The Morgan fingerprint density at radius 3 is 2.76 bits per heavy atom. The lowest BCUT2D eigenvalue weighted by atomic mass is 10.0. The minimum atomic E-state index is -3.11. The second-order valence-electron chi connectivity index (χ2n) is 7.96. The molecule has 1 atom stereocenters. The summed E-state index contributed by atoms with van der Waals surface area (Å²) in [7, 11) is 0. The lowest BCUT2D eigenvalue weighted by Crippen LogP contribution is -2.43. The number of benzene rings is 2. The van der Waals surface area contributed by atoms with E-state index in [1.165, 1.54) is 18.5 Å². The molecule has 1 aromatic heterocycles. The second-order valence-corrected chi connectivity index (χ2v) is 8.39. The maximum Gasteiger partial charge on any atom is 0.268 e. The molecule has 1 aliphatic rings. The molecule has 0 radical (unpaired) electrons. The van der Waals surface area contributed by atoms with Crippen molar-refractivity contribution in [2.24, 2.45) is 0 Å². The Hall–Kier alpha value is -3.83. The minimum Gasteiger partial charge on any atom is -0.343 e. The number of amides is 2. The summed E-state index contributed by atoms with van der Waals surface area (Å²) in [6.45, 7) is -1.33. The zero-order chi connectivity index (χ0) is 24.3. The van der Waals surface area contributed by atoms with E-state index in [9.17, 15) is 18.4 Å². The molecule has 3 aromatic rings. The average Bonchev–Trinajstić information content (AvgIpc) is 3.15. The van der Waals surface area contributed by atoms with Crippen LogP contribution in [0.2, 0.25) is 5.02 Å². The largest absolute Gasteiger partial charge is 0.343 e. The number of nitriles is 1. The molecule has 6 nitrogen and oxygen atoms in total. The van der Waals surface area contributed by atoms with Crippen LogP contribution >= 0.6 is 11.6 Å². The number of nitrogens with zero attached hydrogens (tertiary/aromatic N) is 3. The van der Waals surface area contributed by atoms with Crippen LogP contribution in [0.4, 0.5) is 8.78 Å². The van der Waals surface area contributed by atoms with E-state index in [1.54, 1.807) is 12.1 Å². The van der Waals surface area contributed by atoms with E-state index >= 15 is 0 Å². The number of hydrogen-bond donors (Lipinski definition) is 1. The van der Waals surface area contributed by atoms with E-state index in [4.69, 9.17) is 16.9 Å². The van der Waals surface area contributed by atoms with Gasteiger partial charge < -0.3 is 10.2 Å². The van der Waals surface area contributed by atoms with Crippen molar-refractivity contribution in [1.82, 2.24) is 15.2 Å². The summed E-state index contributed by atoms with van der Waals surface area (Å²) in [5.41, 5.74) is 1.69. The molecule has 0 spiro atoms. The third-order valence-electron chi connectivity index (χ3n) is 5.52. The molecule has 172 valence electrons. The molecule has 1 saturated heterocycles. The van der Waals surface area contributed by atoms with Crippen molar-refractivity contribution < 1.29 is 18.4 Å². The van der Waals surface area contributed by atoms with Crippen molar-refractivity contribution in [1.29, 1.82) is 5.26 Å². The van der Waals surface area contributed by atoms with Gasteiger partial charge in [0.25, 0.3) is 11.8 Å². The van der Waals surface area contributed by atoms with E-state index in [0.717, 1.165) is 21.2 Å². The molecule has 2 aromatic carbocycles. The van der Waals surface area contributed by atoms with Gasteiger partial charge >= 0.3 is 0 Å². The lowest BCUT2D eigenvalue weighted by Gasteiger charge is -2.19. The summed E-state index contributed by atoms with van der Waals surface area (Å²) in [4.78, 5) is 29.9. The Morgan fingerprint density at radius 2 is 1.97 bits per heavy atom. The van der Waals surface area contributed by atoms with Crippen molar-refractivity contribution in [3.63, 3.8) is 0 Å². The Labute approximate surface area is 199 Å². The number of alkyl halides is 2. The van der Waals surface area contributed by atoms with Gasteiger partial charge in [-0.25, -0.2) is 8.78 Å². The highest BCUT2D eigenvalue weighted by molar-refractivity contribution is 6.31. The number of pyridine rings is 1. The van der Waals surface area contributed by atoms with Crippen molar-refractivity contribution in [3.05, 3.63) is 76.6 Å². The molecule has 34 heavy (non-hydrogen) atoms. The van der Waals surface area contributed by atoms with Crippen LogP contribution in [0.25, 0.3) is 22.9 Å². The fourth-order valence-corrected chi connectivity index (χ4v) is 4.00. The number of rotatable bonds is 5. The highest BCUT2D eigenvalue weighted by Crippen LogP contribution is 2.31. The molecule has 1 aliphatic heterocycles. The normalized spacial score (nSPS) is 17.1. The van der Waals surface area contributed by atoms with Gasteiger partial charge in [-0.05, 0) is 40.6 Å². The Kier molecular flexibility index (Phi) is 6.57. The first-order valence-corrected chi connectivity index (χ1v) is 10.8. The number of fused-ring (bicyclic) bond motifs is 1. The van der Waals surface area contributed by atoms with E-state index in [-0.39, 0.29) is 5.56 Å². The quantitative estimate of drug-likeness (QED) is 0.580. The van der Waals surface area contributed by atoms with Crippen LogP contribution in [0.1, 0.15) is 27.9 Å². The predicted octanol–water partition coefficient (Wildman–Crippen LogP) is 4.55. The van der Waals surface area contributed by atoms with Crippen LogP contribution in [0, 0.1) is 11.3 Å². The summed E-state index contributed by atoms with van der Waals surface area (Å²) in [6, 6.07) is 13.4. The van der Waals surface area contributed by atoms with Crippen molar-refractivity contribution >= 4 is 46.3 Å². The molecule has 0 saturated carbocycles. The fourth-order valence-electron chi connectivity index (χ4n) is 3.82. The first kappa shape index (κ1) is 23.3. The maximum absolute atomic E-state index is 13.6. The Morgan fingerprint density at radius 1 is 1.21 bits per heavy atom. The van der Waals surface area contributed by atoms with Crippen molar-refractivity contribution in [2.45, 2.75) is 18.4 Å². The number of nitrogens with one attached hydrogen (secondary N) is 1. The fraction of sp³-hybridized carbons (Fsp3) is 0.200. The third kappa shape index (κ3) is 5.21. The first-order valence-electron chi connectivity index (χ1n) is 10.4.